The molecule has 4 heteroatoms. The number of benzene rings is 2. The first-order valence-electron chi connectivity index (χ1n) is 6.79. The lowest BCUT2D eigenvalue weighted by Gasteiger charge is -2.11. The zero-order valence-corrected chi connectivity index (χ0v) is 11.6. The van der Waals surface area contributed by atoms with Crippen molar-refractivity contribution >= 4 is 22.3 Å². The molecule has 1 aliphatic rings. The van der Waals surface area contributed by atoms with Gasteiger partial charge in [0.25, 0.3) is 0 Å². The quantitative estimate of drug-likeness (QED) is 0.850. The Morgan fingerprint density at radius 1 is 1.18 bits per heavy atom. The van der Waals surface area contributed by atoms with Gasteiger partial charge in [-0.05, 0) is 28.5 Å². The SMILES string of the molecule is O=C(O)c1ccc2cccc(C3=CC=CCC(F)=C3O)c2c1. The largest absolute Gasteiger partial charge is 0.505 e. The van der Waals surface area contributed by atoms with Crippen LogP contribution in [0.25, 0.3) is 16.3 Å². The van der Waals surface area contributed by atoms with E-state index in [-0.39, 0.29) is 12.0 Å². The lowest BCUT2D eigenvalue weighted by Crippen LogP contribution is -1.97. The van der Waals surface area contributed by atoms with Crippen LogP contribution in [0.2, 0.25) is 0 Å². The Kier molecular flexibility index (Phi) is 3.51. The van der Waals surface area contributed by atoms with E-state index in [1.807, 2.05) is 6.07 Å². The first-order chi connectivity index (χ1) is 10.6. The van der Waals surface area contributed by atoms with Crippen LogP contribution in [0.4, 0.5) is 4.39 Å². The van der Waals surface area contributed by atoms with Gasteiger partial charge in [-0.1, -0.05) is 42.5 Å². The van der Waals surface area contributed by atoms with E-state index < -0.39 is 17.6 Å². The maximum absolute atomic E-state index is 13.8. The number of aliphatic hydroxyl groups is 1. The minimum Gasteiger partial charge on any atom is -0.505 e. The molecule has 0 spiro atoms. The van der Waals surface area contributed by atoms with Crippen LogP contribution < -0.4 is 0 Å². The van der Waals surface area contributed by atoms with E-state index in [0.29, 0.717) is 16.5 Å². The molecule has 0 heterocycles. The topological polar surface area (TPSA) is 57.5 Å². The number of fused-ring (bicyclic) bond motifs is 1. The van der Waals surface area contributed by atoms with E-state index in [0.717, 1.165) is 5.39 Å². The van der Waals surface area contributed by atoms with Crippen molar-refractivity contribution in [2.75, 3.05) is 0 Å². The highest BCUT2D eigenvalue weighted by Gasteiger charge is 2.16. The summed E-state index contributed by atoms with van der Waals surface area (Å²) in [7, 11) is 0. The van der Waals surface area contributed by atoms with Gasteiger partial charge in [-0.3, -0.25) is 0 Å². The van der Waals surface area contributed by atoms with Gasteiger partial charge in [-0.2, -0.15) is 0 Å². The number of carbonyl (C=O) groups is 1. The van der Waals surface area contributed by atoms with Gasteiger partial charge < -0.3 is 10.2 Å². The number of halogens is 1. The number of rotatable bonds is 2. The smallest absolute Gasteiger partial charge is 0.335 e. The number of carboxylic acid groups (broad SMARTS) is 1. The molecule has 0 saturated carbocycles. The summed E-state index contributed by atoms with van der Waals surface area (Å²) in [5, 5.41) is 20.7. The van der Waals surface area contributed by atoms with Gasteiger partial charge in [0.15, 0.2) is 5.76 Å². The molecule has 0 unspecified atom stereocenters. The summed E-state index contributed by atoms with van der Waals surface area (Å²) in [6.07, 6.45) is 4.96. The molecule has 0 bridgehead atoms. The fourth-order valence-corrected chi connectivity index (χ4v) is 2.52. The van der Waals surface area contributed by atoms with E-state index in [1.165, 1.54) is 12.1 Å². The fraction of sp³-hybridized carbons (Fsp3) is 0.0556. The molecule has 3 rings (SSSR count). The minimum absolute atomic E-state index is 0.0387. The third-order valence-electron chi connectivity index (χ3n) is 3.63. The van der Waals surface area contributed by atoms with Crippen molar-refractivity contribution < 1.29 is 19.4 Å². The van der Waals surface area contributed by atoms with Gasteiger partial charge >= 0.3 is 5.97 Å². The second-order valence-corrected chi connectivity index (χ2v) is 5.01. The zero-order chi connectivity index (χ0) is 15.7. The normalized spacial score (nSPS) is 14.9. The molecule has 0 radical (unpaired) electrons. The Balaban J connectivity index is 2.28. The Hall–Kier alpha value is -2.88. The lowest BCUT2D eigenvalue weighted by molar-refractivity contribution is 0.0697. The summed E-state index contributed by atoms with van der Waals surface area (Å²) in [4.78, 5) is 11.2. The summed E-state index contributed by atoms with van der Waals surface area (Å²) in [6.45, 7) is 0. The van der Waals surface area contributed by atoms with E-state index >= 15 is 0 Å². The molecule has 2 aromatic rings. The predicted molar refractivity (Wildman–Crippen MR) is 83.4 cm³/mol. The lowest BCUT2D eigenvalue weighted by atomic mass is 9.95. The van der Waals surface area contributed by atoms with Gasteiger partial charge in [0, 0.05) is 12.0 Å². The Bertz CT molecular complexity index is 860. The Morgan fingerprint density at radius 3 is 2.77 bits per heavy atom. The fourth-order valence-electron chi connectivity index (χ4n) is 2.52. The third-order valence-corrected chi connectivity index (χ3v) is 3.63. The molecule has 0 atom stereocenters. The van der Waals surface area contributed by atoms with E-state index in [4.69, 9.17) is 5.11 Å². The van der Waals surface area contributed by atoms with Crippen LogP contribution in [0, 0.1) is 0 Å². The van der Waals surface area contributed by atoms with Gasteiger partial charge in [0.2, 0.25) is 0 Å². The van der Waals surface area contributed by atoms with E-state index in [2.05, 4.69) is 0 Å². The molecule has 2 N–H and O–H groups in total. The van der Waals surface area contributed by atoms with E-state index in [9.17, 15) is 14.3 Å². The number of aromatic carboxylic acids is 1. The Labute approximate surface area is 126 Å². The number of hydrogen-bond donors (Lipinski definition) is 2. The maximum atomic E-state index is 13.8. The number of hydrogen-bond acceptors (Lipinski definition) is 2. The zero-order valence-electron chi connectivity index (χ0n) is 11.6. The average molecular weight is 296 g/mol. The van der Waals surface area contributed by atoms with Crippen LogP contribution in [0.3, 0.4) is 0 Å². The van der Waals surface area contributed by atoms with Crippen molar-refractivity contribution in [2.45, 2.75) is 6.42 Å². The highest BCUT2D eigenvalue weighted by Crippen LogP contribution is 2.33. The maximum Gasteiger partial charge on any atom is 0.335 e. The van der Waals surface area contributed by atoms with Crippen LogP contribution >= 0.6 is 0 Å². The second-order valence-electron chi connectivity index (χ2n) is 5.01. The summed E-state index contributed by atoms with van der Waals surface area (Å²) in [5.74, 6) is -2.04. The number of allylic oxidation sites excluding steroid dienone is 5. The molecular weight excluding hydrogens is 283 g/mol. The molecule has 1 aliphatic carbocycles. The van der Waals surface area contributed by atoms with Crippen LogP contribution in [-0.2, 0) is 0 Å². The van der Waals surface area contributed by atoms with Crippen molar-refractivity contribution in [2.24, 2.45) is 0 Å². The molecule has 0 aromatic heterocycles. The van der Waals surface area contributed by atoms with Crippen LogP contribution in [0.15, 0.2) is 66.2 Å². The van der Waals surface area contributed by atoms with Gasteiger partial charge in [-0.15, -0.1) is 0 Å². The molecule has 0 aliphatic heterocycles. The van der Waals surface area contributed by atoms with Crippen LogP contribution in [0.1, 0.15) is 22.3 Å². The van der Waals surface area contributed by atoms with Gasteiger partial charge in [0.1, 0.15) is 5.83 Å². The molecule has 0 amide bonds. The predicted octanol–water partition coefficient (Wildman–Crippen LogP) is 4.62. The summed E-state index contributed by atoms with van der Waals surface area (Å²) >= 11 is 0. The van der Waals surface area contributed by atoms with Crippen LogP contribution in [-0.4, -0.2) is 16.2 Å². The van der Waals surface area contributed by atoms with Crippen molar-refractivity contribution in [1.29, 1.82) is 0 Å². The second kappa shape index (κ2) is 5.48. The summed E-state index contributed by atoms with van der Waals surface area (Å²) in [6, 6.07) is 10.1. The van der Waals surface area contributed by atoms with Crippen molar-refractivity contribution in [3.8, 4) is 0 Å². The average Bonchev–Trinajstić information content (AvgIpc) is 2.68. The molecule has 22 heavy (non-hydrogen) atoms. The monoisotopic (exact) mass is 296 g/mol. The third kappa shape index (κ3) is 2.39. The number of carboxylic acids is 1. The molecule has 3 nitrogen and oxygen atoms in total. The number of aliphatic hydroxyl groups excluding tert-OH is 1. The molecule has 2 aromatic carbocycles. The highest BCUT2D eigenvalue weighted by molar-refractivity contribution is 6.01. The highest BCUT2D eigenvalue weighted by atomic mass is 19.1. The van der Waals surface area contributed by atoms with E-state index in [1.54, 1.807) is 36.4 Å². The molecule has 0 saturated heterocycles. The molecule has 0 fully saturated rings. The van der Waals surface area contributed by atoms with Crippen molar-refractivity contribution in [3.05, 3.63) is 77.3 Å². The first-order valence-corrected chi connectivity index (χ1v) is 6.79. The van der Waals surface area contributed by atoms with Crippen LogP contribution in [0.5, 0.6) is 0 Å². The first kappa shape index (κ1) is 14.1. The molecule has 110 valence electrons. The summed E-state index contributed by atoms with van der Waals surface area (Å²) < 4.78 is 13.8. The van der Waals surface area contributed by atoms with Crippen molar-refractivity contribution in [3.63, 3.8) is 0 Å². The van der Waals surface area contributed by atoms with Gasteiger partial charge in [0.05, 0.1) is 5.56 Å². The summed E-state index contributed by atoms with van der Waals surface area (Å²) in [5.41, 5.74) is 1.09. The minimum atomic E-state index is -1.03. The molecular formula is C18H13FO3. The van der Waals surface area contributed by atoms with Crippen molar-refractivity contribution in [1.82, 2.24) is 0 Å². The standard InChI is InChI=1S/C18H13FO3/c19-16-7-2-1-5-14(17(16)20)13-6-3-4-11-8-9-12(18(21)22)10-15(11)13/h1-6,8-10,20H,7H2,(H,21,22). The Morgan fingerprint density at radius 2 is 2.00 bits per heavy atom. The van der Waals surface area contributed by atoms with Gasteiger partial charge in [-0.25, -0.2) is 9.18 Å².